The Hall–Kier alpha value is -1.15. The highest BCUT2D eigenvalue weighted by Crippen LogP contribution is 2.38. The van der Waals surface area contributed by atoms with Crippen molar-refractivity contribution in [3.8, 4) is 0 Å². The van der Waals surface area contributed by atoms with Crippen LogP contribution in [0.4, 0.5) is 0 Å². The van der Waals surface area contributed by atoms with E-state index < -0.39 is 0 Å². The predicted octanol–water partition coefficient (Wildman–Crippen LogP) is 3.77. The van der Waals surface area contributed by atoms with Crippen LogP contribution in [0.5, 0.6) is 0 Å². The Morgan fingerprint density at radius 2 is 2.00 bits per heavy atom. The molecule has 0 bridgehead atoms. The third-order valence-electron chi connectivity index (χ3n) is 2.93. The average Bonchev–Trinajstić information content (AvgIpc) is 2.32. The van der Waals surface area contributed by atoms with Gasteiger partial charge in [-0.25, -0.2) is 0 Å². The zero-order valence-corrected chi connectivity index (χ0v) is 11.2. The average molecular weight is 246 g/mol. The Morgan fingerprint density at radius 1 is 1.29 bits per heavy atom. The van der Waals surface area contributed by atoms with Crippen LogP contribution in [0.3, 0.4) is 0 Å². The van der Waals surface area contributed by atoms with Gasteiger partial charge >= 0.3 is 0 Å². The Morgan fingerprint density at radius 3 is 2.65 bits per heavy atom. The topological polar surface area (TPSA) is 17.1 Å². The van der Waals surface area contributed by atoms with Gasteiger partial charge in [-0.3, -0.25) is 4.79 Å². The molecule has 1 nitrogen and oxygen atoms in total. The van der Waals surface area contributed by atoms with Crippen molar-refractivity contribution in [1.29, 1.82) is 0 Å². The van der Waals surface area contributed by atoms with E-state index in [1.54, 1.807) is 0 Å². The molecule has 0 aromatic heterocycles. The van der Waals surface area contributed by atoms with Gasteiger partial charge in [0.1, 0.15) is 0 Å². The Balaban J connectivity index is 2.20. The standard InChI is InChI=1S/C15H18OS/c1-15(2)8-9-17(14(10-15)11-16)12-13-6-4-3-5-7-13/h3-7,9-11H,8,12H2,1-2H3. The minimum Gasteiger partial charge on any atom is -0.297 e. The van der Waals surface area contributed by atoms with E-state index in [0.717, 1.165) is 23.4 Å². The first-order valence-electron chi connectivity index (χ1n) is 5.86. The van der Waals surface area contributed by atoms with E-state index in [0.29, 0.717) is 0 Å². The second kappa shape index (κ2) is 5.01. The van der Waals surface area contributed by atoms with Crippen molar-refractivity contribution in [2.75, 3.05) is 0 Å². The van der Waals surface area contributed by atoms with E-state index in [1.165, 1.54) is 5.56 Å². The van der Waals surface area contributed by atoms with Crippen LogP contribution in [0.25, 0.3) is 0 Å². The van der Waals surface area contributed by atoms with Gasteiger partial charge in [0.25, 0.3) is 0 Å². The van der Waals surface area contributed by atoms with Crippen molar-refractivity contribution in [3.05, 3.63) is 46.9 Å². The molecule has 2 rings (SSSR count). The minimum absolute atomic E-state index is 0.0120. The van der Waals surface area contributed by atoms with Gasteiger partial charge in [-0.05, 0) is 17.4 Å². The molecular formula is C15H18OS. The first kappa shape index (κ1) is 12.3. The van der Waals surface area contributed by atoms with E-state index in [1.807, 2.05) is 6.07 Å². The molecule has 0 fully saturated rings. The summed E-state index contributed by atoms with van der Waals surface area (Å²) in [5.41, 5.74) is 1.44. The summed E-state index contributed by atoms with van der Waals surface area (Å²) in [6.45, 7) is 4.35. The Labute approximate surface area is 105 Å². The number of carbonyl (C=O) groups is 1. The summed E-state index contributed by atoms with van der Waals surface area (Å²) < 4.78 is 0. The van der Waals surface area contributed by atoms with E-state index in [9.17, 15) is 4.79 Å². The quantitative estimate of drug-likeness (QED) is 0.586. The highest BCUT2D eigenvalue weighted by Gasteiger charge is 2.20. The van der Waals surface area contributed by atoms with Crippen LogP contribution in [0.1, 0.15) is 25.8 Å². The highest BCUT2D eigenvalue weighted by atomic mass is 32.2. The maximum Gasteiger partial charge on any atom is 0.155 e. The van der Waals surface area contributed by atoms with Gasteiger partial charge in [0, 0.05) is 10.7 Å². The van der Waals surface area contributed by atoms with Crippen LogP contribution >= 0.6 is 10.5 Å². The third kappa shape index (κ3) is 3.16. The predicted molar refractivity (Wildman–Crippen MR) is 76.3 cm³/mol. The van der Waals surface area contributed by atoms with Gasteiger partial charge in [-0.15, -0.1) is 0 Å². The van der Waals surface area contributed by atoms with Gasteiger partial charge in [-0.2, -0.15) is 10.5 Å². The van der Waals surface area contributed by atoms with Crippen LogP contribution in [0, 0.1) is 5.41 Å². The fourth-order valence-corrected chi connectivity index (χ4v) is 4.18. The smallest absolute Gasteiger partial charge is 0.155 e. The summed E-state index contributed by atoms with van der Waals surface area (Å²) in [6.07, 6.45) is 4.23. The third-order valence-corrected chi connectivity index (χ3v) is 4.96. The molecule has 1 heterocycles. The molecule has 17 heavy (non-hydrogen) atoms. The molecule has 1 aliphatic rings. The number of benzene rings is 1. The molecule has 1 aromatic rings. The summed E-state index contributed by atoms with van der Waals surface area (Å²) in [7, 11) is -0.0120. The second-order valence-corrected chi connectivity index (χ2v) is 7.03. The van der Waals surface area contributed by atoms with Crippen LogP contribution in [-0.2, 0) is 10.5 Å². The van der Waals surface area contributed by atoms with E-state index in [2.05, 4.69) is 49.6 Å². The molecule has 1 unspecified atom stereocenters. The number of hydrogen-bond donors (Lipinski definition) is 0. The molecular weight excluding hydrogens is 228 g/mol. The molecule has 1 aromatic carbocycles. The van der Waals surface area contributed by atoms with Crippen molar-refractivity contribution in [2.24, 2.45) is 5.41 Å². The molecule has 0 saturated heterocycles. The molecule has 90 valence electrons. The summed E-state index contributed by atoms with van der Waals surface area (Å²) in [5, 5.41) is 2.32. The number of allylic oxidation sites excluding steroid dienone is 2. The maximum atomic E-state index is 11.2. The molecule has 0 spiro atoms. The van der Waals surface area contributed by atoms with Crippen molar-refractivity contribution in [2.45, 2.75) is 26.0 Å². The highest BCUT2D eigenvalue weighted by molar-refractivity contribution is 8.18. The lowest BCUT2D eigenvalue weighted by Gasteiger charge is -2.26. The molecule has 0 N–H and O–H groups in total. The number of carbonyl (C=O) groups excluding carboxylic acids is 1. The summed E-state index contributed by atoms with van der Waals surface area (Å²) in [4.78, 5) is 12.1. The maximum absolute atomic E-state index is 11.2. The van der Waals surface area contributed by atoms with Gasteiger partial charge in [-0.1, -0.05) is 55.6 Å². The van der Waals surface area contributed by atoms with Gasteiger partial charge in [0.15, 0.2) is 6.29 Å². The Bertz CT molecular complexity index is 469. The van der Waals surface area contributed by atoms with Crippen LogP contribution in [-0.4, -0.2) is 11.7 Å². The molecule has 0 saturated carbocycles. The number of aldehydes is 1. The van der Waals surface area contributed by atoms with Crippen LogP contribution < -0.4 is 0 Å². The molecule has 0 amide bonds. The Kier molecular flexibility index (Phi) is 3.63. The van der Waals surface area contributed by atoms with Gasteiger partial charge < -0.3 is 0 Å². The van der Waals surface area contributed by atoms with Gasteiger partial charge in [0.05, 0.1) is 0 Å². The first-order valence-corrected chi connectivity index (χ1v) is 7.31. The largest absolute Gasteiger partial charge is 0.297 e. The van der Waals surface area contributed by atoms with Crippen LogP contribution in [0.15, 0.2) is 41.3 Å². The normalized spacial score (nSPS) is 22.5. The van der Waals surface area contributed by atoms with Crippen molar-refractivity contribution >= 4 is 22.1 Å². The number of hydrogen-bond acceptors (Lipinski definition) is 1. The zero-order chi connectivity index (χ0) is 12.3. The van der Waals surface area contributed by atoms with E-state index in [4.69, 9.17) is 0 Å². The fraction of sp³-hybridized carbons (Fsp3) is 0.333. The lowest BCUT2D eigenvalue weighted by molar-refractivity contribution is -0.104. The monoisotopic (exact) mass is 246 g/mol. The summed E-state index contributed by atoms with van der Waals surface area (Å²) in [6, 6.07) is 10.4. The minimum atomic E-state index is -0.0120. The molecule has 0 radical (unpaired) electrons. The van der Waals surface area contributed by atoms with Crippen LogP contribution in [0.2, 0.25) is 0 Å². The SMILES string of the molecule is CC1(C)C=C(C=O)S(Cc2ccccc2)=CC1. The summed E-state index contributed by atoms with van der Waals surface area (Å²) in [5.74, 6) is 0.960. The van der Waals surface area contributed by atoms with E-state index in [-0.39, 0.29) is 15.9 Å². The van der Waals surface area contributed by atoms with Crippen molar-refractivity contribution < 1.29 is 4.79 Å². The lowest BCUT2D eigenvalue weighted by Crippen LogP contribution is -2.13. The molecule has 2 heteroatoms. The van der Waals surface area contributed by atoms with Crippen molar-refractivity contribution in [1.82, 2.24) is 0 Å². The lowest BCUT2D eigenvalue weighted by atomic mass is 9.90. The molecule has 1 aliphatic heterocycles. The first-order chi connectivity index (χ1) is 8.11. The molecule has 1 atom stereocenters. The van der Waals surface area contributed by atoms with Gasteiger partial charge in [0.2, 0.25) is 0 Å². The number of rotatable bonds is 3. The zero-order valence-electron chi connectivity index (χ0n) is 10.3. The second-order valence-electron chi connectivity index (χ2n) is 5.08. The fourth-order valence-electron chi connectivity index (χ4n) is 1.92. The summed E-state index contributed by atoms with van der Waals surface area (Å²) >= 11 is 0. The van der Waals surface area contributed by atoms with E-state index >= 15 is 0 Å². The molecule has 0 aliphatic carbocycles. The van der Waals surface area contributed by atoms with Crippen molar-refractivity contribution in [3.63, 3.8) is 0 Å².